The van der Waals surface area contributed by atoms with Crippen LogP contribution in [0.4, 0.5) is 0 Å². The van der Waals surface area contributed by atoms with E-state index in [0.29, 0.717) is 0 Å². The Kier molecular flexibility index (Phi) is 3.59. The van der Waals surface area contributed by atoms with Gasteiger partial charge in [-0.3, -0.25) is 4.79 Å². The van der Waals surface area contributed by atoms with Crippen LogP contribution in [0.2, 0.25) is 0 Å². The van der Waals surface area contributed by atoms with Gasteiger partial charge in [0.2, 0.25) is 0 Å². The number of hydrogen-bond donors (Lipinski definition) is 0. The van der Waals surface area contributed by atoms with Crippen molar-refractivity contribution in [3.05, 3.63) is 36.0 Å². The standard InChI is InChI=1S/C14H18N2O/c1-15(2)8-4-9-16-10-7-12-5-3-6-13(11-17)14(12)16/h3,5-7,10-11H,4,8-9H2,1-2H3. The first-order valence-electron chi connectivity index (χ1n) is 5.90. The van der Waals surface area contributed by atoms with Gasteiger partial charge in [0, 0.05) is 23.7 Å². The quantitative estimate of drug-likeness (QED) is 0.737. The Morgan fingerprint density at radius 3 is 2.82 bits per heavy atom. The Bertz CT molecular complexity index is 514. The van der Waals surface area contributed by atoms with E-state index in [1.54, 1.807) is 0 Å². The van der Waals surface area contributed by atoms with Gasteiger partial charge in [0.15, 0.2) is 6.29 Å². The van der Waals surface area contributed by atoms with Gasteiger partial charge in [-0.15, -0.1) is 0 Å². The van der Waals surface area contributed by atoms with Gasteiger partial charge in [0.25, 0.3) is 0 Å². The average molecular weight is 230 g/mol. The van der Waals surface area contributed by atoms with Crippen molar-refractivity contribution in [2.75, 3.05) is 20.6 Å². The summed E-state index contributed by atoms with van der Waals surface area (Å²) in [6, 6.07) is 7.91. The molecule has 0 spiro atoms. The van der Waals surface area contributed by atoms with E-state index in [1.165, 1.54) is 0 Å². The van der Waals surface area contributed by atoms with Crippen LogP contribution in [0, 0.1) is 0 Å². The molecule has 0 fully saturated rings. The molecule has 17 heavy (non-hydrogen) atoms. The third-order valence-corrected chi connectivity index (χ3v) is 2.95. The molecule has 0 N–H and O–H groups in total. The van der Waals surface area contributed by atoms with Crippen LogP contribution in [0.25, 0.3) is 10.9 Å². The van der Waals surface area contributed by atoms with Crippen LogP contribution in [0.15, 0.2) is 30.5 Å². The molecule has 1 aromatic heterocycles. The number of aryl methyl sites for hydroxylation is 1. The van der Waals surface area contributed by atoms with Gasteiger partial charge >= 0.3 is 0 Å². The molecule has 2 rings (SSSR count). The number of benzene rings is 1. The summed E-state index contributed by atoms with van der Waals surface area (Å²) in [7, 11) is 4.15. The van der Waals surface area contributed by atoms with Crippen LogP contribution in [0.3, 0.4) is 0 Å². The third kappa shape index (κ3) is 2.56. The molecule has 0 radical (unpaired) electrons. The Morgan fingerprint density at radius 1 is 1.29 bits per heavy atom. The average Bonchev–Trinajstić information content (AvgIpc) is 2.72. The summed E-state index contributed by atoms with van der Waals surface area (Å²) in [5.41, 5.74) is 1.83. The highest BCUT2D eigenvalue weighted by Gasteiger charge is 2.05. The maximum absolute atomic E-state index is 11.0. The van der Waals surface area contributed by atoms with Crippen LogP contribution in [-0.4, -0.2) is 36.4 Å². The van der Waals surface area contributed by atoms with Crippen LogP contribution in [0.1, 0.15) is 16.8 Å². The monoisotopic (exact) mass is 230 g/mol. The molecular formula is C14H18N2O. The van der Waals surface area contributed by atoms with E-state index >= 15 is 0 Å². The van der Waals surface area contributed by atoms with E-state index in [2.05, 4.69) is 35.8 Å². The van der Waals surface area contributed by atoms with Gasteiger partial charge in [-0.1, -0.05) is 12.1 Å². The largest absolute Gasteiger partial charge is 0.347 e. The Morgan fingerprint density at radius 2 is 2.12 bits per heavy atom. The van der Waals surface area contributed by atoms with Crippen molar-refractivity contribution in [3.8, 4) is 0 Å². The maximum atomic E-state index is 11.0. The van der Waals surface area contributed by atoms with Gasteiger partial charge < -0.3 is 9.47 Å². The molecule has 0 saturated heterocycles. The number of rotatable bonds is 5. The molecule has 90 valence electrons. The fourth-order valence-corrected chi connectivity index (χ4v) is 2.13. The van der Waals surface area contributed by atoms with Crippen molar-refractivity contribution in [1.82, 2.24) is 9.47 Å². The molecule has 3 nitrogen and oxygen atoms in total. The van der Waals surface area contributed by atoms with E-state index in [-0.39, 0.29) is 0 Å². The summed E-state index contributed by atoms with van der Waals surface area (Å²) < 4.78 is 2.17. The summed E-state index contributed by atoms with van der Waals surface area (Å²) in [5, 5.41) is 1.14. The summed E-state index contributed by atoms with van der Waals surface area (Å²) in [6.45, 7) is 2.01. The smallest absolute Gasteiger partial charge is 0.152 e. The number of carbonyl (C=O) groups is 1. The number of para-hydroxylation sites is 1. The predicted octanol–water partition coefficient (Wildman–Crippen LogP) is 2.41. The number of hydrogen-bond acceptors (Lipinski definition) is 2. The summed E-state index contributed by atoms with van der Waals surface area (Å²) in [5.74, 6) is 0. The Labute approximate surface area is 102 Å². The van der Waals surface area contributed by atoms with Crippen molar-refractivity contribution >= 4 is 17.2 Å². The van der Waals surface area contributed by atoms with E-state index in [1.807, 2.05) is 18.2 Å². The first kappa shape index (κ1) is 11.9. The van der Waals surface area contributed by atoms with Crippen LogP contribution in [0.5, 0.6) is 0 Å². The molecular weight excluding hydrogens is 212 g/mol. The molecule has 0 aliphatic carbocycles. The number of fused-ring (bicyclic) bond motifs is 1. The first-order chi connectivity index (χ1) is 8.22. The molecule has 2 aromatic rings. The normalized spacial score (nSPS) is 11.2. The second kappa shape index (κ2) is 5.15. The topological polar surface area (TPSA) is 25.2 Å². The molecule has 0 aliphatic rings. The minimum atomic E-state index is 0.775. The van der Waals surface area contributed by atoms with Crippen molar-refractivity contribution in [1.29, 1.82) is 0 Å². The second-order valence-corrected chi connectivity index (χ2v) is 4.57. The number of aldehydes is 1. The van der Waals surface area contributed by atoms with Crippen LogP contribution in [-0.2, 0) is 6.54 Å². The lowest BCUT2D eigenvalue weighted by Gasteiger charge is -2.11. The molecule has 0 bridgehead atoms. The molecule has 3 heteroatoms. The first-order valence-corrected chi connectivity index (χ1v) is 5.90. The lowest BCUT2D eigenvalue weighted by Crippen LogP contribution is -2.14. The minimum absolute atomic E-state index is 0.775. The predicted molar refractivity (Wildman–Crippen MR) is 70.5 cm³/mol. The Hall–Kier alpha value is -1.61. The highest BCUT2D eigenvalue weighted by atomic mass is 16.1. The lowest BCUT2D eigenvalue weighted by atomic mass is 10.1. The van der Waals surface area contributed by atoms with Crippen LogP contribution >= 0.6 is 0 Å². The highest BCUT2D eigenvalue weighted by molar-refractivity contribution is 5.96. The second-order valence-electron chi connectivity index (χ2n) is 4.57. The van der Waals surface area contributed by atoms with Gasteiger partial charge in [0.05, 0.1) is 5.52 Å². The van der Waals surface area contributed by atoms with E-state index in [4.69, 9.17) is 0 Å². The van der Waals surface area contributed by atoms with Crippen molar-refractivity contribution in [2.24, 2.45) is 0 Å². The summed E-state index contributed by atoms with van der Waals surface area (Å²) in [6.07, 6.45) is 4.09. The van der Waals surface area contributed by atoms with Gasteiger partial charge in [-0.2, -0.15) is 0 Å². The van der Waals surface area contributed by atoms with Gasteiger partial charge in [-0.25, -0.2) is 0 Å². The molecule has 0 amide bonds. The maximum Gasteiger partial charge on any atom is 0.152 e. The molecule has 0 saturated carbocycles. The fourth-order valence-electron chi connectivity index (χ4n) is 2.13. The molecule has 0 aliphatic heterocycles. The van der Waals surface area contributed by atoms with Gasteiger partial charge in [0.1, 0.15) is 0 Å². The van der Waals surface area contributed by atoms with Crippen molar-refractivity contribution in [3.63, 3.8) is 0 Å². The number of aromatic nitrogens is 1. The van der Waals surface area contributed by atoms with Gasteiger partial charge in [-0.05, 0) is 39.2 Å². The molecule has 0 atom stereocenters. The molecule has 1 aromatic carbocycles. The number of carbonyl (C=O) groups excluding carboxylic acids is 1. The Balaban J connectivity index is 2.25. The number of nitrogens with zero attached hydrogens (tertiary/aromatic N) is 2. The zero-order valence-corrected chi connectivity index (χ0v) is 10.4. The summed E-state index contributed by atoms with van der Waals surface area (Å²) in [4.78, 5) is 13.2. The van der Waals surface area contributed by atoms with E-state index in [0.717, 1.165) is 42.3 Å². The van der Waals surface area contributed by atoms with Crippen molar-refractivity contribution < 1.29 is 4.79 Å². The fraction of sp³-hybridized carbons (Fsp3) is 0.357. The van der Waals surface area contributed by atoms with Crippen molar-refractivity contribution in [2.45, 2.75) is 13.0 Å². The zero-order valence-electron chi connectivity index (χ0n) is 10.4. The minimum Gasteiger partial charge on any atom is -0.347 e. The van der Waals surface area contributed by atoms with Crippen LogP contribution < -0.4 is 0 Å². The molecule has 0 unspecified atom stereocenters. The zero-order chi connectivity index (χ0) is 12.3. The lowest BCUT2D eigenvalue weighted by molar-refractivity contribution is 0.112. The van der Waals surface area contributed by atoms with E-state index in [9.17, 15) is 4.79 Å². The SMILES string of the molecule is CN(C)CCCn1ccc2cccc(C=O)c21. The van der Waals surface area contributed by atoms with E-state index < -0.39 is 0 Å². The molecule has 1 heterocycles. The highest BCUT2D eigenvalue weighted by Crippen LogP contribution is 2.19. The summed E-state index contributed by atoms with van der Waals surface area (Å²) >= 11 is 0. The third-order valence-electron chi connectivity index (χ3n) is 2.95.